The van der Waals surface area contributed by atoms with Crippen molar-refractivity contribution in [1.82, 2.24) is 4.90 Å². The molecule has 2 aliphatic heterocycles. The highest BCUT2D eigenvalue weighted by Gasteiger charge is 2.43. The van der Waals surface area contributed by atoms with Crippen LogP contribution in [0, 0.1) is 5.82 Å². The Hall–Kier alpha value is -1.86. The number of rotatable bonds is 3. The molecule has 0 N–H and O–H groups in total. The van der Waals surface area contributed by atoms with Crippen LogP contribution in [0.25, 0.3) is 0 Å². The largest absolute Gasteiger partial charge is 0.369 e. The number of nitrogens with zero attached hydrogens (tertiary/aromatic N) is 3. The first kappa shape index (κ1) is 20.4. The first-order valence-electron chi connectivity index (χ1n) is 9.11. The molecule has 0 unspecified atom stereocenters. The van der Waals surface area contributed by atoms with Gasteiger partial charge in [-0.2, -0.15) is 0 Å². The van der Waals surface area contributed by atoms with E-state index in [0.717, 1.165) is 16.7 Å². The summed E-state index contributed by atoms with van der Waals surface area (Å²) >= 11 is 17.9. The van der Waals surface area contributed by atoms with Gasteiger partial charge in [0.1, 0.15) is 5.82 Å². The van der Waals surface area contributed by atoms with Crippen molar-refractivity contribution in [2.45, 2.75) is 12.5 Å². The summed E-state index contributed by atoms with van der Waals surface area (Å²) in [5.74, 6) is -1.21. The van der Waals surface area contributed by atoms with E-state index in [1.54, 1.807) is 6.07 Å². The summed E-state index contributed by atoms with van der Waals surface area (Å²) in [4.78, 5) is 30.7. The Labute approximate surface area is 182 Å². The van der Waals surface area contributed by atoms with E-state index in [2.05, 4.69) is 4.90 Å². The molecule has 0 aliphatic carbocycles. The maximum Gasteiger partial charge on any atom is 0.251 e. The van der Waals surface area contributed by atoms with Gasteiger partial charge in [-0.25, -0.2) is 9.29 Å². The molecule has 0 bridgehead atoms. The number of imide groups is 1. The summed E-state index contributed by atoms with van der Waals surface area (Å²) in [6, 6.07) is 8.82. The molecule has 2 aromatic rings. The van der Waals surface area contributed by atoms with Gasteiger partial charge in [0.15, 0.2) is 0 Å². The van der Waals surface area contributed by atoms with Crippen LogP contribution in [0.2, 0.25) is 15.1 Å². The lowest BCUT2D eigenvalue weighted by atomic mass is 10.1. The summed E-state index contributed by atoms with van der Waals surface area (Å²) in [7, 11) is 0. The van der Waals surface area contributed by atoms with Gasteiger partial charge in [-0.3, -0.25) is 14.5 Å². The number of anilines is 2. The predicted molar refractivity (Wildman–Crippen MR) is 113 cm³/mol. The average Bonchev–Trinajstić information content (AvgIpc) is 3.00. The topological polar surface area (TPSA) is 43.9 Å². The van der Waals surface area contributed by atoms with E-state index in [4.69, 9.17) is 34.8 Å². The third-order valence-corrected chi connectivity index (χ3v) is 6.34. The van der Waals surface area contributed by atoms with Crippen LogP contribution in [-0.2, 0) is 9.59 Å². The zero-order valence-electron chi connectivity index (χ0n) is 15.2. The van der Waals surface area contributed by atoms with Crippen LogP contribution < -0.4 is 9.80 Å². The summed E-state index contributed by atoms with van der Waals surface area (Å²) in [5.41, 5.74) is 1.26. The molecule has 0 saturated carbocycles. The maximum absolute atomic E-state index is 13.4. The Morgan fingerprint density at radius 2 is 1.48 bits per heavy atom. The molecule has 9 heteroatoms. The van der Waals surface area contributed by atoms with Crippen molar-refractivity contribution in [1.29, 1.82) is 0 Å². The van der Waals surface area contributed by atoms with Crippen molar-refractivity contribution in [3.05, 3.63) is 57.3 Å². The highest BCUT2D eigenvalue weighted by molar-refractivity contribution is 6.42. The lowest BCUT2D eigenvalue weighted by Gasteiger charge is -2.38. The number of carbonyl (C=O) groups is 2. The number of carbonyl (C=O) groups excluding carboxylic acids is 2. The Kier molecular flexibility index (Phi) is 5.71. The normalized spacial score (nSPS) is 20.6. The predicted octanol–water partition coefficient (Wildman–Crippen LogP) is 4.24. The third kappa shape index (κ3) is 3.94. The Bertz CT molecular complexity index is 979. The molecule has 2 saturated heterocycles. The van der Waals surface area contributed by atoms with Gasteiger partial charge in [0.2, 0.25) is 5.91 Å². The lowest BCUT2D eigenvalue weighted by Crippen LogP contribution is -2.52. The van der Waals surface area contributed by atoms with Crippen molar-refractivity contribution >= 4 is 58.0 Å². The Morgan fingerprint density at radius 3 is 2.14 bits per heavy atom. The average molecular weight is 457 g/mol. The van der Waals surface area contributed by atoms with Gasteiger partial charge in [-0.05, 0) is 36.4 Å². The molecule has 2 amide bonds. The van der Waals surface area contributed by atoms with Gasteiger partial charge in [0, 0.05) is 31.9 Å². The molecule has 0 spiro atoms. The molecule has 5 nitrogen and oxygen atoms in total. The van der Waals surface area contributed by atoms with Crippen molar-refractivity contribution in [2.75, 3.05) is 36.0 Å². The summed E-state index contributed by atoms with van der Waals surface area (Å²) in [6.07, 6.45) is 0.0978. The molecule has 0 radical (unpaired) electrons. The number of amides is 2. The first-order chi connectivity index (χ1) is 13.8. The molecule has 2 aliphatic rings. The summed E-state index contributed by atoms with van der Waals surface area (Å²) < 4.78 is 13.4. The van der Waals surface area contributed by atoms with Gasteiger partial charge in [-0.1, -0.05) is 34.8 Å². The minimum absolute atomic E-state index is 0.0978. The van der Waals surface area contributed by atoms with Crippen molar-refractivity contribution < 1.29 is 14.0 Å². The molecule has 29 heavy (non-hydrogen) atoms. The zero-order valence-corrected chi connectivity index (χ0v) is 17.5. The van der Waals surface area contributed by atoms with E-state index in [9.17, 15) is 14.0 Å². The maximum atomic E-state index is 13.4. The van der Waals surface area contributed by atoms with E-state index in [1.807, 2.05) is 17.0 Å². The molecule has 152 valence electrons. The fraction of sp³-hybridized carbons (Fsp3) is 0.300. The monoisotopic (exact) mass is 455 g/mol. The van der Waals surface area contributed by atoms with E-state index in [-0.39, 0.29) is 23.3 Å². The summed E-state index contributed by atoms with van der Waals surface area (Å²) in [6.45, 7) is 2.64. The molecular formula is C20H17Cl3FN3O2. The standard InChI is InChI=1S/C20H17Cl3FN3O2/c21-14-3-1-12(9-15(14)22)25-5-7-26(8-6-25)18-11-19(28)27(20(18)29)13-2-4-17(24)16(23)10-13/h1-4,9-10,18H,5-8,11H2/t18-/m0/s1. The van der Waals surface area contributed by atoms with Crippen LogP contribution in [0.5, 0.6) is 0 Å². The lowest BCUT2D eigenvalue weighted by molar-refractivity contribution is -0.123. The number of piperazine rings is 1. The van der Waals surface area contributed by atoms with Crippen molar-refractivity contribution in [3.8, 4) is 0 Å². The van der Waals surface area contributed by atoms with Gasteiger partial charge in [0.05, 0.1) is 33.2 Å². The second-order valence-corrected chi connectivity index (χ2v) is 8.23. The number of benzene rings is 2. The Morgan fingerprint density at radius 1 is 0.828 bits per heavy atom. The van der Waals surface area contributed by atoms with Gasteiger partial charge in [0.25, 0.3) is 5.91 Å². The van der Waals surface area contributed by atoms with Crippen LogP contribution in [0.4, 0.5) is 15.8 Å². The van der Waals surface area contributed by atoms with Crippen LogP contribution in [0.1, 0.15) is 6.42 Å². The number of hydrogen-bond donors (Lipinski definition) is 0. The first-order valence-corrected chi connectivity index (χ1v) is 10.2. The molecule has 2 aromatic carbocycles. The molecule has 1 atom stereocenters. The second-order valence-electron chi connectivity index (χ2n) is 7.01. The van der Waals surface area contributed by atoms with E-state index < -0.39 is 11.9 Å². The third-order valence-electron chi connectivity index (χ3n) is 5.31. The van der Waals surface area contributed by atoms with Crippen molar-refractivity contribution in [3.63, 3.8) is 0 Å². The second kappa shape index (κ2) is 8.11. The fourth-order valence-electron chi connectivity index (χ4n) is 3.77. The summed E-state index contributed by atoms with van der Waals surface area (Å²) in [5, 5.41) is 0.878. The molecule has 2 fully saturated rings. The Balaban J connectivity index is 1.45. The highest BCUT2D eigenvalue weighted by atomic mass is 35.5. The number of hydrogen-bond acceptors (Lipinski definition) is 4. The molecule has 4 rings (SSSR count). The molecular weight excluding hydrogens is 440 g/mol. The van der Waals surface area contributed by atoms with E-state index in [1.165, 1.54) is 12.1 Å². The van der Waals surface area contributed by atoms with E-state index in [0.29, 0.717) is 41.9 Å². The van der Waals surface area contributed by atoms with Gasteiger partial charge in [-0.15, -0.1) is 0 Å². The molecule has 0 aromatic heterocycles. The zero-order chi connectivity index (χ0) is 20.7. The minimum atomic E-state index is -0.593. The van der Waals surface area contributed by atoms with Gasteiger partial charge >= 0.3 is 0 Å². The fourth-order valence-corrected chi connectivity index (χ4v) is 4.24. The SMILES string of the molecule is O=C1C[C@H](N2CCN(c3ccc(Cl)c(Cl)c3)CC2)C(=O)N1c1ccc(F)c(Cl)c1. The van der Waals surface area contributed by atoms with Crippen LogP contribution >= 0.6 is 34.8 Å². The van der Waals surface area contributed by atoms with Crippen LogP contribution in [0.15, 0.2) is 36.4 Å². The van der Waals surface area contributed by atoms with Crippen LogP contribution in [0.3, 0.4) is 0 Å². The molecule has 2 heterocycles. The number of halogens is 4. The highest BCUT2D eigenvalue weighted by Crippen LogP contribution is 2.31. The smallest absolute Gasteiger partial charge is 0.251 e. The minimum Gasteiger partial charge on any atom is -0.369 e. The van der Waals surface area contributed by atoms with Crippen LogP contribution in [-0.4, -0.2) is 48.9 Å². The van der Waals surface area contributed by atoms with Gasteiger partial charge < -0.3 is 4.90 Å². The van der Waals surface area contributed by atoms with Crippen molar-refractivity contribution in [2.24, 2.45) is 0 Å². The quantitative estimate of drug-likeness (QED) is 0.648. The van der Waals surface area contributed by atoms with E-state index >= 15 is 0 Å².